The van der Waals surface area contributed by atoms with E-state index < -0.39 is 12.1 Å². The van der Waals surface area contributed by atoms with E-state index in [2.05, 4.69) is 26.0 Å². The molecular weight excluding hydrogens is 502 g/mol. The number of carboxylic acid groups (broad SMARTS) is 1. The molecule has 172 valence electrons. The number of benzene rings is 3. The quantitative estimate of drug-likeness (QED) is 0.357. The zero-order valence-electron chi connectivity index (χ0n) is 18.3. The van der Waals surface area contributed by atoms with E-state index >= 15 is 0 Å². The Labute approximate surface area is 203 Å². The molecule has 34 heavy (non-hydrogen) atoms. The van der Waals surface area contributed by atoms with Crippen LogP contribution in [0.25, 0.3) is 22.3 Å². The number of carboxylic acids is 1. The fourth-order valence-electron chi connectivity index (χ4n) is 3.31. The SMILES string of the molecule is COc1cc(Br)cc(C=Nn2c(-c3ccccc3)nc3ccccc3c2=O)c1O[C@@H](C)C(=O)O. The zero-order chi connectivity index (χ0) is 24.2. The number of aromatic nitrogens is 2. The van der Waals surface area contributed by atoms with E-state index in [9.17, 15) is 14.7 Å². The predicted molar refractivity (Wildman–Crippen MR) is 133 cm³/mol. The Kier molecular flexibility index (Phi) is 6.74. The van der Waals surface area contributed by atoms with Gasteiger partial charge in [-0.1, -0.05) is 58.4 Å². The molecule has 0 aliphatic heterocycles. The van der Waals surface area contributed by atoms with Crippen LogP contribution >= 0.6 is 15.9 Å². The molecule has 0 unspecified atom stereocenters. The molecule has 3 aromatic carbocycles. The van der Waals surface area contributed by atoms with E-state index in [0.29, 0.717) is 38.1 Å². The van der Waals surface area contributed by atoms with Crippen molar-refractivity contribution in [2.24, 2.45) is 5.10 Å². The number of nitrogens with zero attached hydrogens (tertiary/aromatic N) is 3. The highest BCUT2D eigenvalue weighted by Gasteiger charge is 2.19. The summed E-state index contributed by atoms with van der Waals surface area (Å²) in [6.45, 7) is 1.41. The summed E-state index contributed by atoms with van der Waals surface area (Å²) in [5, 5.41) is 14.2. The van der Waals surface area contributed by atoms with E-state index in [1.54, 1.807) is 30.3 Å². The fourth-order valence-corrected chi connectivity index (χ4v) is 3.77. The van der Waals surface area contributed by atoms with Crippen LogP contribution in [0, 0.1) is 0 Å². The van der Waals surface area contributed by atoms with E-state index in [1.165, 1.54) is 24.9 Å². The van der Waals surface area contributed by atoms with Gasteiger partial charge in [0, 0.05) is 15.6 Å². The molecule has 0 amide bonds. The van der Waals surface area contributed by atoms with Gasteiger partial charge in [-0.3, -0.25) is 4.79 Å². The maximum Gasteiger partial charge on any atom is 0.344 e. The summed E-state index contributed by atoms with van der Waals surface area (Å²) < 4.78 is 12.9. The first-order valence-electron chi connectivity index (χ1n) is 10.3. The molecule has 4 rings (SSSR count). The molecule has 0 radical (unpaired) electrons. The van der Waals surface area contributed by atoms with Crippen LogP contribution in [0.5, 0.6) is 11.5 Å². The number of fused-ring (bicyclic) bond motifs is 1. The van der Waals surface area contributed by atoms with Crippen molar-refractivity contribution in [2.45, 2.75) is 13.0 Å². The Morgan fingerprint density at radius 2 is 1.85 bits per heavy atom. The van der Waals surface area contributed by atoms with Gasteiger partial charge in [-0.05, 0) is 31.2 Å². The molecule has 1 N–H and O–H groups in total. The van der Waals surface area contributed by atoms with Crippen molar-refractivity contribution < 1.29 is 19.4 Å². The lowest BCUT2D eigenvalue weighted by atomic mass is 10.2. The monoisotopic (exact) mass is 521 g/mol. The minimum atomic E-state index is -1.13. The number of rotatable bonds is 7. The topological polar surface area (TPSA) is 103 Å². The first-order valence-corrected chi connectivity index (χ1v) is 11.1. The Morgan fingerprint density at radius 1 is 1.15 bits per heavy atom. The average molecular weight is 522 g/mol. The van der Waals surface area contributed by atoms with E-state index in [0.717, 1.165) is 0 Å². The number of hydrogen-bond donors (Lipinski definition) is 1. The van der Waals surface area contributed by atoms with Gasteiger partial charge in [0.05, 0.1) is 24.2 Å². The molecule has 4 aromatic rings. The molecule has 0 spiro atoms. The Balaban J connectivity index is 1.91. The lowest BCUT2D eigenvalue weighted by molar-refractivity contribution is -0.144. The molecule has 1 aromatic heterocycles. The summed E-state index contributed by atoms with van der Waals surface area (Å²) in [7, 11) is 1.45. The van der Waals surface area contributed by atoms with Gasteiger partial charge in [0.15, 0.2) is 23.4 Å². The van der Waals surface area contributed by atoms with Gasteiger partial charge >= 0.3 is 5.97 Å². The second-order valence-corrected chi connectivity index (χ2v) is 8.22. The molecule has 1 heterocycles. The number of carbonyl (C=O) groups is 1. The lowest BCUT2D eigenvalue weighted by Gasteiger charge is -2.16. The molecule has 0 bridgehead atoms. The van der Waals surface area contributed by atoms with Gasteiger partial charge in [0.2, 0.25) is 0 Å². The Hall–Kier alpha value is -3.98. The molecule has 0 aliphatic carbocycles. The van der Waals surface area contributed by atoms with Crippen molar-refractivity contribution in [3.63, 3.8) is 0 Å². The van der Waals surface area contributed by atoms with Gasteiger partial charge in [-0.25, -0.2) is 9.78 Å². The van der Waals surface area contributed by atoms with Crippen LogP contribution < -0.4 is 15.0 Å². The summed E-state index contributed by atoms with van der Waals surface area (Å²) >= 11 is 3.41. The number of ether oxygens (including phenoxy) is 2. The van der Waals surface area contributed by atoms with Gasteiger partial charge in [-0.15, -0.1) is 0 Å². The number of methoxy groups -OCH3 is 1. The molecule has 0 aliphatic rings. The summed E-state index contributed by atoms with van der Waals surface area (Å²) in [4.78, 5) is 29.4. The summed E-state index contributed by atoms with van der Waals surface area (Å²) in [6.07, 6.45) is 0.286. The van der Waals surface area contributed by atoms with Crippen LogP contribution in [-0.4, -0.2) is 40.2 Å². The third-order valence-corrected chi connectivity index (χ3v) is 5.47. The number of halogens is 1. The third kappa shape index (κ3) is 4.69. The second-order valence-electron chi connectivity index (χ2n) is 7.30. The molecule has 8 nitrogen and oxygen atoms in total. The first kappa shape index (κ1) is 23.2. The molecule has 1 atom stereocenters. The van der Waals surface area contributed by atoms with Gasteiger partial charge in [0.25, 0.3) is 5.56 Å². The number of para-hydroxylation sites is 1. The first-order chi connectivity index (χ1) is 16.4. The largest absolute Gasteiger partial charge is 0.493 e. The smallest absolute Gasteiger partial charge is 0.344 e. The summed E-state index contributed by atoms with van der Waals surface area (Å²) in [6, 6.07) is 19.6. The lowest BCUT2D eigenvalue weighted by Crippen LogP contribution is -2.24. The number of hydrogen-bond acceptors (Lipinski definition) is 6. The maximum atomic E-state index is 13.4. The predicted octanol–water partition coefficient (Wildman–Crippen LogP) is 4.57. The molecule has 0 saturated carbocycles. The highest BCUT2D eigenvalue weighted by Crippen LogP contribution is 2.35. The minimum Gasteiger partial charge on any atom is -0.493 e. The normalized spacial score (nSPS) is 12.1. The Bertz CT molecular complexity index is 1450. The standard InChI is InChI=1S/C25H20BrN3O5/c1-15(25(31)32)34-22-17(12-18(26)13-21(22)33-2)14-27-29-23(16-8-4-3-5-9-16)28-20-11-7-6-10-19(20)24(29)30/h3-15H,1-2H3,(H,31,32)/t15-/m0/s1. The highest BCUT2D eigenvalue weighted by atomic mass is 79.9. The van der Waals surface area contributed by atoms with E-state index in [1.807, 2.05) is 36.4 Å². The Morgan fingerprint density at radius 3 is 2.56 bits per heavy atom. The van der Waals surface area contributed by atoms with Crippen LogP contribution in [0.3, 0.4) is 0 Å². The van der Waals surface area contributed by atoms with Crippen molar-refractivity contribution in [3.8, 4) is 22.9 Å². The van der Waals surface area contributed by atoms with Crippen molar-refractivity contribution in [3.05, 3.63) is 87.1 Å². The van der Waals surface area contributed by atoms with Crippen LogP contribution in [0.2, 0.25) is 0 Å². The van der Waals surface area contributed by atoms with Crippen molar-refractivity contribution >= 4 is 39.0 Å². The van der Waals surface area contributed by atoms with E-state index in [-0.39, 0.29) is 11.3 Å². The maximum absolute atomic E-state index is 13.4. The summed E-state index contributed by atoms with van der Waals surface area (Å²) in [5.74, 6) is -0.262. The van der Waals surface area contributed by atoms with Gasteiger partial charge in [-0.2, -0.15) is 9.78 Å². The zero-order valence-corrected chi connectivity index (χ0v) is 19.9. The molecular formula is C25H20BrN3O5. The molecule has 9 heteroatoms. The third-order valence-electron chi connectivity index (χ3n) is 5.01. The minimum absolute atomic E-state index is 0.187. The number of aliphatic carboxylic acids is 1. The molecule has 0 saturated heterocycles. The highest BCUT2D eigenvalue weighted by molar-refractivity contribution is 9.10. The average Bonchev–Trinajstić information content (AvgIpc) is 2.84. The summed E-state index contributed by atoms with van der Waals surface area (Å²) in [5.41, 5.74) is 1.34. The van der Waals surface area contributed by atoms with Crippen LogP contribution in [-0.2, 0) is 4.79 Å². The van der Waals surface area contributed by atoms with Crippen LogP contribution in [0.4, 0.5) is 0 Å². The van der Waals surface area contributed by atoms with Crippen LogP contribution in [0.15, 0.2) is 81.1 Å². The second kappa shape index (κ2) is 9.88. The van der Waals surface area contributed by atoms with Crippen molar-refractivity contribution in [1.82, 2.24) is 9.66 Å². The van der Waals surface area contributed by atoms with Gasteiger partial charge in [0.1, 0.15) is 0 Å². The molecule has 0 fully saturated rings. The van der Waals surface area contributed by atoms with Crippen LogP contribution in [0.1, 0.15) is 12.5 Å². The van der Waals surface area contributed by atoms with Gasteiger partial charge < -0.3 is 14.6 Å². The fraction of sp³-hybridized carbons (Fsp3) is 0.120. The van der Waals surface area contributed by atoms with E-state index in [4.69, 9.17) is 9.47 Å². The van der Waals surface area contributed by atoms with Crippen molar-refractivity contribution in [2.75, 3.05) is 7.11 Å². The van der Waals surface area contributed by atoms with Crippen molar-refractivity contribution in [1.29, 1.82) is 0 Å².